The van der Waals surface area contributed by atoms with E-state index in [4.69, 9.17) is 0 Å². The SMILES string of the molecule is C1=[CH][In][C](c2cc3ccccc3[nH]2)=C1. The molecule has 0 spiro atoms. The number of rotatable bonds is 1. The number of aromatic amines is 1. The average Bonchev–Trinajstić information content (AvgIpc) is 2.86. The summed E-state index contributed by atoms with van der Waals surface area (Å²) >= 11 is -0.574. The Hall–Kier alpha value is -0.890. The number of para-hydroxylation sites is 1. The van der Waals surface area contributed by atoms with Crippen LogP contribution in [0.5, 0.6) is 0 Å². The van der Waals surface area contributed by atoms with Gasteiger partial charge in [-0.15, -0.1) is 0 Å². The predicted molar refractivity (Wildman–Crippen MR) is 61.2 cm³/mol. The van der Waals surface area contributed by atoms with Crippen LogP contribution in [0.15, 0.2) is 46.3 Å². The van der Waals surface area contributed by atoms with E-state index in [1.807, 2.05) is 0 Å². The predicted octanol–water partition coefficient (Wildman–Crippen LogP) is 2.74. The number of nitrogens with one attached hydrogen (secondary N) is 1. The summed E-state index contributed by atoms with van der Waals surface area (Å²) in [5.74, 6) is 0. The zero-order valence-corrected chi connectivity index (χ0v) is 11.0. The Bertz CT molecular complexity index is 501. The molecule has 65 valence electrons. The van der Waals surface area contributed by atoms with Crippen LogP contribution >= 0.6 is 0 Å². The van der Waals surface area contributed by atoms with E-state index in [1.165, 1.54) is 16.6 Å². The minimum absolute atomic E-state index is 0.574. The average molecular weight is 282 g/mol. The summed E-state index contributed by atoms with van der Waals surface area (Å²) in [7, 11) is 0. The minimum atomic E-state index is -0.574. The normalized spacial score (nSPS) is 14.4. The number of aromatic nitrogens is 1. The first-order valence-electron chi connectivity index (χ1n) is 4.73. The van der Waals surface area contributed by atoms with Gasteiger partial charge in [0, 0.05) is 0 Å². The number of benzene rings is 1. The molecule has 2 heterocycles. The molecular weight excluding hydrogens is 273 g/mol. The van der Waals surface area contributed by atoms with Crippen molar-refractivity contribution >= 4 is 37.1 Å². The molecule has 0 aliphatic carbocycles. The van der Waals surface area contributed by atoms with Gasteiger partial charge in [0.15, 0.2) is 0 Å². The third-order valence-corrected chi connectivity index (χ3v) is 6.15. The van der Waals surface area contributed by atoms with E-state index in [-0.39, 0.29) is 0 Å². The maximum atomic E-state index is 3.48. The van der Waals surface area contributed by atoms with Crippen LogP contribution in [0.25, 0.3) is 14.2 Å². The summed E-state index contributed by atoms with van der Waals surface area (Å²) in [5, 5.41) is 1.32. The Labute approximate surface area is 93.9 Å². The van der Waals surface area contributed by atoms with Crippen molar-refractivity contribution in [2.45, 2.75) is 0 Å². The third-order valence-electron chi connectivity index (χ3n) is 2.50. The topological polar surface area (TPSA) is 15.8 Å². The van der Waals surface area contributed by atoms with Crippen LogP contribution in [0.4, 0.5) is 0 Å². The molecule has 1 radical (unpaired) electrons. The van der Waals surface area contributed by atoms with Gasteiger partial charge < -0.3 is 0 Å². The van der Waals surface area contributed by atoms with Crippen LogP contribution in [0.2, 0.25) is 0 Å². The number of hydrogen-bond acceptors (Lipinski definition) is 0. The molecule has 2 heteroatoms. The molecule has 1 aliphatic rings. The van der Waals surface area contributed by atoms with Gasteiger partial charge in [0.2, 0.25) is 0 Å². The number of allylic oxidation sites excluding steroid dienone is 2. The standard InChI is InChI=1S/C12H9N.In/c1-2-3-7-11-9-10-6-4-5-8-12(10)13-11;/h1-6,8-9,13H;. The molecule has 1 aromatic heterocycles. The van der Waals surface area contributed by atoms with Crippen molar-refractivity contribution in [1.82, 2.24) is 4.98 Å². The quantitative estimate of drug-likeness (QED) is 0.827. The molecule has 0 atom stereocenters. The van der Waals surface area contributed by atoms with E-state index >= 15 is 0 Å². The van der Waals surface area contributed by atoms with Gasteiger partial charge in [-0.05, 0) is 0 Å². The summed E-state index contributed by atoms with van der Waals surface area (Å²) in [5.41, 5.74) is 2.58. The maximum absolute atomic E-state index is 3.48. The summed E-state index contributed by atoms with van der Waals surface area (Å²) in [4.78, 5) is 3.48. The van der Waals surface area contributed by atoms with Gasteiger partial charge >= 0.3 is 94.1 Å². The van der Waals surface area contributed by atoms with Gasteiger partial charge in [0.1, 0.15) is 0 Å². The summed E-state index contributed by atoms with van der Waals surface area (Å²) in [6, 6.07) is 10.7. The van der Waals surface area contributed by atoms with Crippen LogP contribution < -0.4 is 0 Å². The second kappa shape index (κ2) is 3.35. The molecule has 0 saturated heterocycles. The summed E-state index contributed by atoms with van der Waals surface area (Å²) in [6.45, 7) is 0. The third kappa shape index (κ3) is 1.34. The van der Waals surface area contributed by atoms with Gasteiger partial charge in [-0.1, -0.05) is 0 Å². The zero-order chi connectivity index (χ0) is 9.38. The van der Waals surface area contributed by atoms with Gasteiger partial charge in [-0.25, -0.2) is 0 Å². The van der Waals surface area contributed by atoms with Crippen LogP contribution in [-0.4, -0.2) is 27.9 Å². The van der Waals surface area contributed by atoms with Crippen LogP contribution in [0.1, 0.15) is 5.69 Å². The van der Waals surface area contributed by atoms with Crippen LogP contribution in [0.3, 0.4) is 0 Å². The second-order valence-electron chi connectivity index (χ2n) is 3.44. The van der Waals surface area contributed by atoms with Crippen LogP contribution in [0, 0.1) is 0 Å². The molecule has 3 rings (SSSR count). The number of H-pyrrole nitrogens is 1. The Morgan fingerprint density at radius 3 is 2.86 bits per heavy atom. The number of hydrogen-bond donors (Lipinski definition) is 1. The van der Waals surface area contributed by atoms with Crippen molar-refractivity contribution in [2.75, 3.05) is 0 Å². The van der Waals surface area contributed by atoms with Crippen molar-refractivity contribution in [3.8, 4) is 0 Å². The molecular formula is C12H9InN. The Morgan fingerprint density at radius 1 is 1.14 bits per heavy atom. The zero-order valence-electron chi connectivity index (χ0n) is 7.70. The van der Waals surface area contributed by atoms with Crippen molar-refractivity contribution in [3.05, 3.63) is 52.0 Å². The molecule has 0 unspecified atom stereocenters. The molecule has 2 aromatic rings. The second-order valence-corrected chi connectivity index (χ2v) is 7.27. The first-order valence-corrected chi connectivity index (χ1v) is 8.28. The van der Waals surface area contributed by atoms with Crippen molar-refractivity contribution < 1.29 is 0 Å². The van der Waals surface area contributed by atoms with E-state index in [2.05, 4.69) is 51.3 Å². The Morgan fingerprint density at radius 2 is 2.07 bits per heavy atom. The fourth-order valence-corrected chi connectivity index (χ4v) is 4.60. The van der Waals surface area contributed by atoms with Crippen molar-refractivity contribution in [2.24, 2.45) is 0 Å². The summed E-state index contributed by atoms with van der Waals surface area (Å²) in [6.07, 6.45) is 4.45. The van der Waals surface area contributed by atoms with Crippen molar-refractivity contribution in [3.63, 3.8) is 0 Å². The van der Waals surface area contributed by atoms with Gasteiger partial charge in [-0.3, -0.25) is 0 Å². The first kappa shape index (κ1) is 8.42. The number of fused-ring (bicyclic) bond motifs is 1. The molecule has 1 aromatic carbocycles. The molecule has 14 heavy (non-hydrogen) atoms. The first-order chi connectivity index (χ1) is 6.93. The molecule has 1 N–H and O–H groups in total. The van der Waals surface area contributed by atoms with Gasteiger partial charge in [-0.2, -0.15) is 0 Å². The fraction of sp³-hybridized carbons (Fsp3) is 0. The van der Waals surface area contributed by atoms with Crippen LogP contribution in [-0.2, 0) is 0 Å². The van der Waals surface area contributed by atoms with E-state index in [1.54, 1.807) is 3.33 Å². The molecule has 0 amide bonds. The fourth-order valence-electron chi connectivity index (χ4n) is 1.78. The van der Waals surface area contributed by atoms with Gasteiger partial charge in [0.05, 0.1) is 0 Å². The van der Waals surface area contributed by atoms with E-state index in [0.717, 1.165) is 0 Å². The monoisotopic (exact) mass is 282 g/mol. The molecule has 0 fully saturated rings. The van der Waals surface area contributed by atoms with E-state index in [9.17, 15) is 0 Å². The molecule has 0 bridgehead atoms. The Balaban J connectivity index is 2.15. The summed E-state index contributed by atoms with van der Waals surface area (Å²) < 4.78 is 3.94. The van der Waals surface area contributed by atoms with Crippen molar-refractivity contribution in [1.29, 1.82) is 0 Å². The molecule has 1 nitrogen and oxygen atoms in total. The molecule has 0 saturated carbocycles. The van der Waals surface area contributed by atoms with Gasteiger partial charge in [0.25, 0.3) is 0 Å². The molecule has 1 aliphatic heterocycles. The van der Waals surface area contributed by atoms with E-state index in [0.29, 0.717) is 0 Å². The Kier molecular flexibility index (Phi) is 2.02. The van der Waals surface area contributed by atoms with E-state index < -0.39 is 22.9 Å².